The number of benzene rings is 3. The Morgan fingerprint density at radius 3 is 2.35 bits per heavy atom. The second-order valence-electron chi connectivity index (χ2n) is 15.5. The van der Waals surface area contributed by atoms with Gasteiger partial charge in [0.05, 0.1) is 49.7 Å². The molecule has 338 valence electrons. The molecule has 8 rings (SSSR count). The lowest BCUT2D eigenvalue weighted by Gasteiger charge is -2.27. The lowest BCUT2D eigenvalue weighted by molar-refractivity contribution is -0.136. The van der Waals surface area contributed by atoms with Crippen molar-refractivity contribution >= 4 is 63.9 Å². The van der Waals surface area contributed by atoms with Gasteiger partial charge in [-0.05, 0) is 81.3 Å². The fourth-order valence-corrected chi connectivity index (χ4v) is 9.14. The maximum absolute atomic E-state index is 13.5. The minimum Gasteiger partial charge on any atom is -0.491 e. The molecule has 65 heavy (non-hydrogen) atoms. The average molecular weight is 923 g/mol. The molecule has 3 aromatic carbocycles. The number of halogens is 1. The molecule has 1 fully saturated rings. The molecule has 0 aliphatic carbocycles. The Balaban J connectivity index is 0.716. The van der Waals surface area contributed by atoms with Gasteiger partial charge in [0.15, 0.2) is 5.82 Å². The molecule has 1 saturated heterocycles. The maximum atomic E-state index is 13.5. The maximum Gasteiger partial charge on any atom is 0.266 e. The van der Waals surface area contributed by atoms with Gasteiger partial charge in [0.25, 0.3) is 11.8 Å². The van der Waals surface area contributed by atoms with Gasteiger partial charge in [0.2, 0.25) is 17.7 Å². The van der Waals surface area contributed by atoms with Crippen molar-refractivity contribution in [2.45, 2.75) is 52.1 Å². The third kappa shape index (κ3) is 10.0. The molecule has 2 aromatic heterocycles. The minimum atomic E-state index is -1.04. The standard InChI is InChI=1S/C46H47ClN8O9S/c1-26-27(2)65-46-39(26)41(29-7-9-30(47)10-8-29)50-34(42-53-52-28(3)54(42)46)25-38(57)49-31-11-13-32(14-12-31)63-24-23-62-22-21-61-19-17-48-18-20-64-36-6-4-5-33-40(36)45(60)55(44(33)59)35-15-16-37(56)51-43(35)58/h4-14,34-35,48H,15-25H2,1-3H3,(H,49,57)(H,51,56,58)/t34-,35?/m0/s1. The zero-order chi connectivity index (χ0) is 45.6. The Labute approximate surface area is 383 Å². The van der Waals surface area contributed by atoms with Crippen LogP contribution in [-0.4, -0.2) is 114 Å². The first-order chi connectivity index (χ1) is 31.5. The number of aliphatic imine (C=N–C) groups is 1. The van der Waals surface area contributed by atoms with Crippen LogP contribution in [0.4, 0.5) is 5.69 Å². The highest BCUT2D eigenvalue weighted by molar-refractivity contribution is 7.15. The lowest BCUT2D eigenvalue weighted by atomic mass is 9.99. The number of nitrogens with zero attached hydrogens (tertiary/aromatic N) is 5. The zero-order valence-electron chi connectivity index (χ0n) is 36.0. The summed E-state index contributed by atoms with van der Waals surface area (Å²) in [5.74, 6) is -0.299. The van der Waals surface area contributed by atoms with Gasteiger partial charge < -0.3 is 29.6 Å². The monoisotopic (exact) mass is 922 g/mol. The Morgan fingerprint density at radius 1 is 0.846 bits per heavy atom. The number of fused-ring (bicyclic) bond motifs is 4. The smallest absolute Gasteiger partial charge is 0.266 e. The van der Waals surface area contributed by atoms with Crippen molar-refractivity contribution in [1.29, 1.82) is 0 Å². The summed E-state index contributed by atoms with van der Waals surface area (Å²) in [6.45, 7) is 9.21. The van der Waals surface area contributed by atoms with E-state index in [2.05, 4.69) is 40.0 Å². The number of carbonyl (C=O) groups excluding carboxylic acids is 5. The van der Waals surface area contributed by atoms with Crippen LogP contribution < -0.4 is 25.4 Å². The van der Waals surface area contributed by atoms with E-state index in [9.17, 15) is 24.0 Å². The van der Waals surface area contributed by atoms with Crippen molar-refractivity contribution in [1.82, 2.24) is 30.3 Å². The Kier molecular flexibility index (Phi) is 14.1. The van der Waals surface area contributed by atoms with E-state index in [0.717, 1.165) is 38.1 Å². The van der Waals surface area contributed by atoms with E-state index in [1.807, 2.05) is 35.8 Å². The summed E-state index contributed by atoms with van der Waals surface area (Å²) in [5, 5.41) is 18.9. The molecule has 19 heteroatoms. The highest BCUT2D eigenvalue weighted by atomic mass is 35.5. The second-order valence-corrected chi connectivity index (χ2v) is 17.1. The third-order valence-electron chi connectivity index (χ3n) is 11.1. The van der Waals surface area contributed by atoms with Crippen molar-refractivity contribution in [3.63, 3.8) is 0 Å². The fraction of sp³-hybridized carbons (Fsp3) is 0.348. The Hall–Kier alpha value is -6.31. The molecule has 5 amide bonds. The fourth-order valence-electron chi connectivity index (χ4n) is 7.80. The molecule has 1 unspecified atom stereocenters. The number of hydrogen-bond acceptors (Lipinski definition) is 14. The van der Waals surface area contributed by atoms with E-state index in [0.29, 0.717) is 68.4 Å². The molecule has 17 nitrogen and oxygen atoms in total. The van der Waals surface area contributed by atoms with Gasteiger partial charge in [-0.15, -0.1) is 21.5 Å². The third-order valence-corrected chi connectivity index (χ3v) is 12.6. The van der Waals surface area contributed by atoms with E-state index in [1.54, 1.807) is 47.7 Å². The van der Waals surface area contributed by atoms with Crippen molar-refractivity contribution in [3.05, 3.63) is 116 Å². The molecule has 0 spiro atoms. The van der Waals surface area contributed by atoms with Crippen molar-refractivity contribution in [2.75, 3.05) is 58.0 Å². The molecule has 5 heterocycles. The van der Waals surface area contributed by atoms with Gasteiger partial charge in [-0.3, -0.25) is 43.7 Å². The van der Waals surface area contributed by atoms with Gasteiger partial charge in [0.1, 0.15) is 47.6 Å². The summed E-state index contributed by atoms with van der Waals surface area (Å²) in [5.41, 5.74) is 4.70. The number of anilines is 1. The molecule has 0 saturated carbocycles. The van der Waals surface area contributed by atoms with Gasteiger partial charge in [0, 0.05) is 46.2 Å². The normalized spacial score (nSPS) is 16.7. The number of aryl methyl sites for hydroxylation is 2. The van der Waals surface area contributed by atoms with E-state index < -0.39 is 35.7 Å². The molecule has 3 aliphatic rings. The highest BCUT2D eigenvalue weighted by Gasteiger charge is 2.46. The molecule has 0 radical (unpaired) electrons. The van der Waals surface area contributed by atoms with E-state index in [4.69, 9.17) is 35.5 Å². The van der Waals surface area contributed by atoms with Crippen LogP contribution in [0.25, 0.3) is 5.00 Å². The lowest BCUT2D eigenvalue weighted by Crippen LogP contribution is -2.54. The number of piperidine rings is 1. The summed E-state index contributed by atoms with van der Waals surface area (Å²) in [6, 6.07) is 17.8. The van der Waals surface area contributed by atoms with Gasteiger partial charge in [-0.2, -0.15) is 0 Å². The number of carbonyl (C=O) groups is 5. The van der Waals surface area contributed by atoms with Crippen LogP contribution in [-0.2, 0) is 23.9 Å². The molecule has 3 aliphatic heterocycles. The molecule has 0 bridgehead atoms. The first kappa shape index (κ1) is 45.3. The van der Waals surface area contributed by atoms with Crippen LogP contribution >= 0.6 is 22.9 Å². The number of hydrogen-bond donors (Lipinski definition) is 3. The minimum absolute atomic E-state index is 0.0473. The number of ether oxygens (including phenoxy) is 4. The summed E-state index contributed by atoms with van der Waals surface area (Å²) in [4.78, 5) is 70.9. The predicted molar refractivity (Wildman–Crippen MR) is 242 cm³/mol. The van der Waals surface area contributed by atoms with E-state index in [-0.39, 0.29) is 48.7 Å². The summed E-state index contributed by atoms with van der Waals surface area (Å²) in [7, 11) is 0. The topological polar surface area (TPSA) is 205 Å². The second kappa shape index (κ2) is 20.2. The van der Waals surface area contributed by atoms with Crippen molar-refractivity contribution in [2.24, 2.45) is 4.99 Å². The first-order valence-electron chi connectivity index (χ1n) is 21.2. The average Bonchev–Trinajstić information content (AvgIpc) is 3.87. The quantitative estimate of drug-likeness (QED) is 0.0713. The Bertz CT molecular complexity index is 2650. The molecule has 5 aromatic rings. The van der Waals surface area contributed by atoms with E-state index in [1.165, 1.54) is 10.9 Å². The predicted octanol–water partition coefficient (Wildman–Crippen LogP) is 5.31. The number of amides is 5. The molecular formula is C46H47ClN8O9S. The van der Waals surface area contributed by atoms with Gasteiger partial charge in [-0.25, -0.2) is 0 Å². The van der Waals surface area contributed by atoms with Gasteiger partial charge in [-0.1, -0.05) is 29.8 Å². The first-order valence-corrected chi connectivity index (χ1v) is 22.4. The number of aromatic nitrogens is 3. The summed E-state index contributed by atoms with van der Waals surface area (Å²) < 4.78 is 25.0. The van der Waals surface area contributed by atoms with Crippen molar-refractivity contribution < 1.29 is 42.9 Å². The van der Waals surface area contributed by atoms with Crippen LogP contribution in [0, 0.1) is 20.8 Å². The van der Waals surface area contributed by atoms with Crippen LogP contribution in [0.1, 0.15) is 79.2 Å². The molecule has 2 atom stereocenters. The number of nitrogens with one attached hydrogen (secondary N) is 3. The van der Waals surface area contributed by atoms with E-state index >= 15 is 0 Å². The number of imide groups is 2. The number of thiophene rings is 1. The SMILES string of the molecule is Cc1sc2c(c1C)C(c1ccc(Cl)cc1)=N[C@@H](CC(=O)Nc1ccc(OCCOCCOCCNCCOc3cccc4c3C(=O)N(C3CCC(=O)NC3=O)C4=O)cc1)c1nnc(C)n1-2. The van der Waals surface area contributed by atoms with Crippen molar-refractivity contribution in [3.8, 4) is 16.5 Å². The largest absolute Gasteiger partial charge is 0.491 e. The van der Waals surface area contributed by atoms with Crippen LogP contribution in [0.2, 0.25) is 5.02 Å². The summed E-state index contributed by atoms with van der Waals surface area (Å²) in [6.07, 6.45) is 0.180. The highest BCUT2D eigenvalue weighted by Crippen LogP contribution is 2.40. The van der Waals surface area contributed by atoms with Gasteiger partial charge >= 0.3 is 0 Å². The van der Waals surface area contributed by atoms with Crippen LogP contribution in [0.5, 0.6) is 11.5 Å². The Morgan fingerprint density at radius 2 is 1.58 bits per heavy atom. The molecule has 3 N–H and O–H groups in total. The van der Waals surface area contributed by atoms with Crippen LogP contribution in [0.15, 0.2) is 71.7 Å². The van der Waals surface area contributed by atoms with Crippen LogP contribution in [0.3, 0.4) is 0 Å². The zero-order valence-corrected chi connectivity index (χ0v) is 37.6. The number of rotatable bonds is 19. The summed E-state index contributed by atoms with van der Waals surface area (Å²) >= 11 is 7.89. The molecular weight excluding hydrogens is 876 g/mol.